The summed E-state index contributed by atoms with van der Waals surface area (Å²) < 4.78 is 6.70. The molecule has 0 fully saturated rings. The number of rotatable bonds is 5. The first-order valence-electron chi connectivity index (χ1n) is 8.28. The molecule has 0 aliphatic rings. The van der Waals surface area contributed by atoms with Gasteiger partial charge in [0.25, 0.3) is 5.91 Å². The molecule has 3 aromatic rings. The number of hydrogen-bond donors (Lipinski definition) is 1. The molecule has 6 heteroatoms. The number of esters is 1. The highest BCUT2D eigenvalue weighted by Gasteiger charge is 2.11. The lowest BCUT2D eigenvalue weighted by molar-refractivity contribution is -0.137. The number of anilines is 1. The zero-order valence-electron chi connectivity index (χ0n) is 14.6. The Morgan fingerprint density at radius 3 is 2.65 bits per heavy atom. The van der Waals surface area contributed by atoms with Gasteiger partial charge in [-0.05, 0) is 49.8 Å². The van der Waals surface area contributed by atoms with Crippen LogP contribution in [-0.2, 0) is 9.53 Å². The predicted molar refractivity (Wildman–Crippen MR) is 100.0 cm³/mol. The van der Waals surface area contributed by atoms with Crippen molar-refractivity contribution in [3.63, 3.8) is 0 Å². The van der Waals surface area contributed by atoms with E-state index in [9.17, 15) is 9.59 Å². The Hall–Kier alpha value is -3.41. The smallest absolute Gasteiger partial charge is 0.330 e. The van der Waals surface area contributed by atoms with Crippen molar-refractivity contribution in [1.29, 1.82) is 0 Å². The summed E-state index contributed by atoms with van der Waals surface area (Å²) in [5.74, 6) is -0.657. The molecule has 0 saturated carbocycles. The minimum Gasteiger partial charge on any atom is -0.463 e. The quantitative estimate of drug-likeness (QED) is 0.565. The van der Waals surface area contributed by atoms with Crippen LogP contribution < -0.4 is 5.32 Å². The summed E-state index contributed by atoms with van der Waals surface area (Å²) in [4.78, 5) is 28.1. The van der Waals surface area contributed by atoms with E-state index in [0.29, 0.717) is 18.0 Å². The Kier molecular flexibility index (Phi) is 5.12. The fourth-order valence-electron chi connectivity index (χ4n) is 2.49. The number of pyridine rings is 1. The molecule has 3 rings (SSSR count). The molecule has 0 saturated heterocycles. The molecule has 1 N–H and O–H groups in total. The third kappa shape index (κ3) is 3.97. The highest BCUT2D eigenvalue weighted by atomic mass is 16.5. The highest BCUT2D eigenvalue weighted by Crippen LogP contribution is 2.14. The first kappa shape index (κ1) is 17.4. The Labute approximate surface area is 151 Å². The molecular formula is C20H19N3O3. The van der Waals surface area contributed by atoms with E-state index in [1.165, 1.54) is 6.08 Å². The zero-order chi connectivity index (χ0) is 18.5. The van der Waals surface area contributed by atoms with E-state index in [0.717, 1.165) is 16.9 Å². The number of amides is 1. The Morgan fingerprint density at radius 2 is 1.96 bits per heavy atom. The van der Waals surface area contributed by atoms with E-state index in [2.05, 4.69) is 10.3 Å². The van der Waals surface area contributed by atoms with Crippen LogP contribution in [0, 0.1) is 6.92 Å². The Bertz CT molecular complexity index is 972. The maximum absolute atomic E-state index is 12.4. The monoisotopic (exact) mass is 349 g/mol. The van der Waals surface area contributed by atoms with Crippen LogP contribution in [-0.4, -0.2) is 27.9 Å². The topological polar surface area (TPSA) is 72.7 Å². The summed E-state index contributed by atoms with van der Waals surface area (Å²) in [7, 11) is 0. The van der Waals surface area contributed by atoms with Gasteiger partial charge in [-0.2, -0.15) is 0 Å². The number of nitrogens with one attached hydrogen (secondary N) is 1. The predicted octanol–water partition coefficient (Wildman–Crippen LogP) is 3.47. The maximum atomic E-state index is 12.4. The van der Waals surface area contributed by atoms with Crippen LogP contribution in [0.25, 0.3) is 11.7 Å². The summed E-state index contributed by atoms with van der Waals surface area (Å²) in [6.45, 7) is 4.06. The molecule has 132 valence electrons. The van der Waals surface area contributed by atoms with E-state index in [1.54, 1.807) is 43.5 Å². The summed E-state index contributed by atoms with van der Waals surface area (Å²) >= 11 is 0. The second-order valence-electron chi connectivity index (χ2n) is 5.68. The van der Waals surface area contributed by atoms with Gasteiger partial charge in [-0.25, -0.2) is 9.78 Å². The second-order valence-corrected chi connectivity index (χ2v) is 5.68. The van der Waals surface area contributed by atoms with Crippen molar-refractivity contribution >= 4 is 29.3 Å². The standard InChI is InChI=1S/C20H19N3O3/c1-3-26-19(24)12-9-15-7-10-16(11-8-15)21-20(25)17-13-23-14(2)5-4-6-18(23)22-17/h4-13H,3H2,1-2H3,(H,21,25)/b12-9+. The molecule has 0 unspecified atom stereocenters. The molecule has 2 heterocycles. The van der Waals surface area contributed by atoms with Gasteiger partial charge in [0, 0.05) is 23.7 Å². The number of fused-ring (bicyclic) bond motifs is 1. The fourth-order valence-corrected chi connectivity index (χ4v) is 2.49. The minimum absolute atomic E-state index is 0.275. The van der Waals surface area contributed by atoms with Crippen LogP contribution in [0.2, 0.25) is 0 Å². The number of carbonyl (C=O) groups is 2. The van der Waals surface area contributed by atoms with E-state index >= 15 is 0 Å². The lowest BCUT2D eigenvalue weighted by Gasteiger charge is -2.03. The van der Waals surface area contributed by atoms with Crippen LogP contribution in [0.1, 0.15) is 28.7 Å². The number of imidazole rings is 1. The van der Waals surface area contributed by atoms with Crippen molar-refractivity contribution in [2.45, 2.75) is 13.8 Å². The van der Waals surface area contributed by atoms with Gasteiger partial charge in [-0.1, -0.05) is 18.2 Å². The number of carbonyl (C=O) groups excluding carboxylic acids is 2. The van der Waals surface area contributed by atoms with Gasteiger partial charge in [0.2, 0.25) is 0 Å². The van der Waals surface area contributed by atoms with E-state index in [4.69, 9.17) is 4.74 Å². The van der Waals surface area contributed by atoms with Crippen molar-refractivity contribution in [2.24, 2.45) is 0 Å². The van der Waals surface area contributed by atoms with Gasteiger partial charge >= 0.3 is 5.97 Å². The maximum Gasteiger partial charge on any atom is 0.330 e. The molecule has 26 heavy (non-hydrogen) atoms. The van der Waals surface area contributed by atoms with Gasteiger partial charge in [0.15, 0.2) is 0 Å². The average molecular weight is 349 g/mol. The van der Waals surface area contributed by atoms with Gasteiger partial charge < -0.3 is 14.5 Å². The number of aryl methyl sites for hydroxylation is 1. The summed E-state index contributed by atoms with van der Waals surface area (Å²) in [6, 6.07) is 12.9. The van der Waals surface area contributed by atoms with E-state index in [1.807, 2.05) is 29.5 Å². The summed E-state index contributed by atoms with van der Waals surface area (Å²) in [5.41, 5.74) is 3.57. The summed E-state index contributed by atoms with van der Waals surface area (Å²) in [6.07, 6.45) is 4.75. The number of hydrogen-bond acceptors (Lipinski definition) is 4. The van der Waals surface area contributed by atoms with Crippen molar-refractivity contribution in [3.8, 4) is 0 Å². The summed E-state index contributed by atoms with van der Waals surface area (Å²) in [5, 5.41) is 2.82. The number of nitrogens with zero attached hydrogens (tertiary/aromatic N) is 2. The number of benzene rings is 1. The molecule has 2 aromatic heterocycles. The Balaban J connectivity index is 1.69. The van der Waals surface area contributed by atoms with Crippen molar-refractivity contribution in [3.05, 3.63) is 71.7 Å². The minimum atomic E-state index is -0.382. The SMILES string of the molecule is CCOC(=O)/C=C/c1ccc(NC(=O)c2cn3c(C)cccc3n2)cc1. The zero-order valence-corrected chi connectivity index (χ0v) is 14.6. The van der Waals surface area contributed by atoms with Crippen LogP contribution in [0.3, 0.4) is 0 Å². The molecule has 0 bridgehead atoms. The first-order valence-corrected chi connectivity index (χ1v) is 8.28. The fraction of sp³-hybridized carbons (Fsp3) is 0.150. The molecular weight excluding hydrogens is 330 g/mol. The lowest BCUT2D eigenvalue weighted by atomic mass is 10.2. The molecule has 6 nitrogen and oxygen atoms in total. The van der Waals surface area contributed by atoms with Crippen molar-refractivity contribution < 1.29 is 14.3 Å². The molecule has 1 aromatic carbocycles. The average Bonchev–Trinajstić information content (AvgIpc) is 3.07. The molecule has 0 aliphatic heterocycles. The normalized spacial score (nSPS) is 11.0. The molecule has 0 aliphatic carbocycles. The molecule has 0 radical (unpaired) electrons. The highest BCUT2D eigenvalue weighted by molar-refractivity contribution is 6.03. The van der Waals surface area contributed by atoms with E-state index < -0.39 is 0 Å². The van der Waals surface area contributed by atoms with Crippen molar-refractivity contribution in [2.75, 3.05) is 11.9 Å². The van der Waals surface area contributed by atoms with Crippen LogP contribution in [0.5, 0.6) is 0 Å². The van der Waals surface area contributed by atoms with Crippen molar-refractivity contribution in [1.82, 2.24) is 9.38 Å². The van der Waals surface area contributed by atoms with Gasteiger partial charge in [-0.3, -0.25) is 4.79 Å². The van der Waals surface area contributed by atoms with Gasteiger partial charge in [-0.15, -0.1) is 0 Å². The molecule has 1 amide bonds. The third-order valence-corrected chi connectivity index (χ3v) is 3.80. The second kappa shape index (κ2) is 7.65. The number of ether oxygens (including phenoxy) is 1. The van der Waals surface area contributed by atoms with Gasteiger partial charge in [0.05, 0.1) is 6.61 Å². The van der Waals surface area contributed by atoms with Crippen LogP contribution in [0.4, 0.5) is 5.69 Å². The first-order chi connectivity index (χ1) is 12.6. The molecule has 0 spiro atoms. The number of aromatic nitrogens is 2. The Morgan fingerprint density at radius 1 is 1.19 bits per heavy atom. The van der Waals surface area contributed by atoms with Crippen LogP contribution >= 0.6 is 0 Å². The van der Waals surface area contributed by atoms with Crippen LogP contribution in [0.15, 0.2) is 54.7 Å². The lowest BCUT2D eigenvalue weighted by Crippen LogP contribution is -2.12. The molecule has 0 atom stereocenters. The van der Waals surface area contributed by atoms with E-state index in [-0.39, 0.29) is 11.9 Å². The largest absolute Gasteiger partial charge is 0.463 e. The van der Waals surface area contributed by atoms with Gasteiger partial charge in [0.1, 0.15) is 11.3 Å². The third-order valence-electron chi connectivity index (χ3n) is 3.80.